The molecule has 6 heteroatoms. The van der Waals surface area contributed by atoms with E-state index in [2.05, 4.69) is 0 Å². The first-order valence-corrected chi connectivity index (χ1v) is 8.22. The number of nitriles is 1. The molecule has 1 heterocycles. The minimum absolute atomic E-state index is 0.203. The van der Waals surface area contributed by atoms with Crippen LogP contribution in [0.4, 0.5) is 0 Å². The summed E-state index contributed by atoms with van der Waals surface area (Å²) in [5.74, 6) is 0.525. The quantitative estimate of drug-likeness (QED) is 0.906. The third-order valence-electron chi connectivity index (χ3n) is 3.75. The fourth-order valence-corrected chi connectivity index (χ4v) is 4.07. The third kappa shape index (κ3) is 3.18. The predicted molar refractivity (Wildman–Crippen MR) is 76.3 cm³/mol. The molecular formula is C14H19N3O2S. The second-order valence-corrected chi connectivity index (χ2v) is 7.00. The van der Waals surface area contributed by atoms with E-state index in [1.807, 2.05) is 6.07 Å². The van der Waals surface area contributed by atoms with Crippen molar-refractivity contribution in [3.8, 4) is 6.07 Å². The lowest BCUT2D eigenvalue weighted by Crippen LogP contribution is -2.38. The van der Waals surface area contributed by atoms with E-state index in [1.54, 1.807) is 18.2 Å². The van der Waals surface area contributed by atoms with Gasteiger partial charge in [-0.2, -0.15) is 9.57 Å². The number of piperidine rings is 1. The van der Waals surface area contributed by atoms with Gasteiger partial charge in [-0.05, 0) is 49.9 Å². The molecule has 1 aliphatic rings. The Morgan fingerprint density at radius 2 is 2.05 bits per heavy atom. The van der Waals surface area contributed by atoms with Crippen LogP contribution in [0.5, 0.6) is 0 Å². The van der Waals surface area contributed by atoms with E-state index in [-0.39, 0.29) is 4.90 Å². The van der Waals surface area contributed by atoms with Crippen LogP contribution in [0.1, 0.15) is 24.8 Å². The molecule has 0 bridgehead atoms. The molecule has 1 aromatic carbocycles. The van der Waals surface area contributed by atoms with E-state index >= 15 is 0 Å². The first-order valence-electron chi connectivity index (χ1n) is 6.78. The van der Waals surface area contributed by atoms with Crippen molar-refractivity contribution in [1.82, 2.24) is 4.31 Å². The first kappa shape index (κ1) is 15.0. The highest BCUT2D eigenvalue weighted by molar-refractivity contribution is 7.89. The van der Waals surface area contributed by atoms with Gasteiger partial charge in [0.1, 0.15) is 0 Å². The molecule has 0 atom stereocenters. The Bertz CT molecular complexity index is 599. The second-order valence-electron chi connectivity index (χ2n) is 5.06. The van der Waals surface area contributed by atoms with Gasteiger partial charge in [0.05, 0.1) is 16.5 Å². The zero-order valence-electron chi connectivity index (χ0n) is 11.3. The lowest BCUT2D eigenvalue weighted by atomic mass is 9.95. The topological polar surface area (TPSA) is 87.2 Å². The number of rotatable bonds is 4. The largest absolute Gasteiger partial charge is 0.330 e. The van der Waals surface area contributed by atoms with Gasteiger partial charge in [0.25, 0.3) is 0 Å². The summed E-state index contributed by atoms with van der Waals surface area (Å²) in [6, 6.07) is 8.15. The first-order chi connectivity index (χ1) is 9.57. The third-order valence-corrected chi connectivity index (χ3v) is 5.64. The summed E-state index contributed by atoms with van der Waals surface area (Å²) < 4.78 is 26.5. The average Bonchev–Trinajstić information content (AvgIpc) is 2.48. The van der Waals surface area contributed by atoms with E-state index < -0.39 is 10.0 Å². The van der Waals surface area contributed by atoms with E-state index in [1.165, 1.54) is 10.4 Å². The molecule has 1 saturated heterocycles. The van der Waals surface area contributed by atoms with Crippen molar-refractivity contribution in [3.63, 3.8) is 0 Å². The Kier molecular flexibility index (Phi) is 4.76. The Morgan fingerprint density at radius 3 is 2.65 bits per heavy atom. The van der Waals surface area contributed by atoms with Gasteiger partial charge in [0, 0.05) is 13.1 Å². The molecule has 0 spiro atoms. The van der Waals surface area contributed by atoms with Crippen molar-refractivity contribution >= 4 is 10.0 Å². The second kappa shape index (κ2) is 6.35. The van der Waals surface area contributed by atoms with Gasteiger partial charge in [-0.3, -0.25) is 0 Å². The van der Waals surface area contributed by atoms with E-state index in [0.717, 1.165) is 19.3 Å². The molecule has 0 aromatic heterocycles. The highest BCUT2D eigenvalue weighted by Gasteiger charge is 2.29. The molecule has 2 N–H and O–H groups in total. The predicted octanol–water partition coefficient (Wildman–Crippen LogP) is 1.31. The smallest absolute Gasteiger partial charge is 0.243 e. The molecule has 20 heavy (non-hydrogen) atoms. The molecule has 0 radical (unpaired) electrons. The number of nitrogens with zero attached hydrogens (tertiary/aromatic N) is 2. The molecule has 1 aliphatic heterocycles. The van der Waals surface area contributed by atoms with Gasteiger partial charge in [-0.15, -0.1) is 0 Å². The molecule has 1 aromatic rings. The SMILES string of the molecule is N#Cc1cccc(S(=O)(=O)N2CCC(CCN)CC2)c1. The van der Waals surface area contributed by atoms with Gasteiger partial charge in [-0.1, -0.05) is 6.07 Å². The molecule has 1 fully saturated rings. The number of hydrogen-bond donors (Lipinski definition) is 1. The van der Waals surface area contributed by atoms with Crippen molar-refractivity contribution in [2.45, 2.75) is 24.2 Å². The summed E-state index contributed by atoms with van der Waals surface area (Å²) in [4.78, 5) is 0.203. The van der Waals surface area contributed by atoms with Gasteiger partial charge in [0.2, 0.25) is 10.0 Å². The monoisotopic (exact) mass is 293 g/mol. The van der Waals surface area contributed by atoms with Crippen molar-refractivity contribution in [1.29, 1.82) is 5.26 Å². The summed E-state index contributed by atoms with van der Waals surface area (Å²) in [6.07, 6.45) is 2.67. The summed E-state index contributed by atoms with van der Waals surface area (Å²) in [6.45, 7) is 1.72. The molecule has 0 saturated carbocycles. The maximum atomic E-state index is 12.5. The summed E-state index contributed by atoms with van der Waals surface area (Å²) in [7, 11) is -3.48. The summed E-state index contributed by atoms with van der Waals surface area (Å²) in [5.41, 5.74) is 5.91. The van der Waals surface area contributed by atoms with Gasteiger partial charge < -0.3 is 5.73 Å². The molecule has 5 nitrogen and oxygen atoms in total. The summed E-state index contributed by atoms with van der Waals surface area (Å²) in [5, 5.41) is 8.86. The van der Waals surface area contributed by atoms with Crippen LogP contribution >= 0.6 is 0 Å². The summed E-state index contributed by atoms with van der Waals surface area (Å²) >= 11 is 0. The highest BCUT2D eigenvalue weighted by Crippen LogP contribution is 2.25. The highest BCUT2D eigenvalue weighted by atomic mass is 32.2. The zero-order valence-corrected chi connectivity index (χ0v) is 12.1. The molecule has 108 valence electrons. The number of sulfonamides is 1. The fourth-order valence-electron chi connectivity index (χ4n) is 2.55. The van der Waals surface area contributed by atoms with Crippen LogP contribution in [0.15, 0.2) is 29.2 Å². The minimum Gasteiger partial charge on any atom is -0.330 e. The van der Waals surface area contributed by atoms with Crippen LogP contribution in [0.25, 0.3) is 0 Å². The minimum atomic E-state index is -3.48. The maximum absolute atomic E-state index is 12.5. The zero-order chi connectivity index (χ0) is 14.6. The van der Waals surface area contributed by atoms with E-state index in [9.17, 15) is 8.42 Å². The van der Waals surface area contributed by atoms with Crippen molar-refractivity contribution < 1.29 is 8.42 Å². The fraction of sp³-hybridized carbons (Fsp3) is 0.500. The van der Waals surface area contributed by atoms with Crippen molar-refractivity contribution in [3.05, 3.63) is 29.8 Å². The van der Waals surface area contributed by atoms with E-state index in [0.29, 0.717) is 31.1 Å². The number of hydrogen-bond acceptors (Lipinski definition) is 4. The molecular weight excluding hydrogens is 274 g/mol. The molecule has 0 unspecified atom stereocenters. The van der Waals surface area contributed by atoms with Crippen molar-refractivity contribution in [2.75, 3.05) is 19.6 Å². The Hall–Kier alpha value is -1.42. The molecule has 0 aliphatic carbocycles. The van der Waals surface area contributed by atoms with Crippen LogP contribution < -0.4 is 5.73 Å². The number of nitrogens with two attached hydrogens (primary N) is 1. The van der Waals surface area contributed by atoms with Gasteiger partial charge >= 0.3 is 0 Å². The van der Waals surface area contributed by atoms with Gasteiger partial charge in [0.15, 0.2) is 0 Å². The lowest BCUT2D eigenvalue weighted by Gasteiger charge is -2.31. The Labute approximate surface area is 120 Å². The Balaban J connectivity index is 2.13. The lowest BCUT2D eigenvalue weighted by molar-refractivity contribution is 0.266. The van der Waals surface area contributed by atoms with Crippen LogP contribution in [0.3, 0.4) is 0 Å². The normalized spacial score (nSPS) is 17.8. The standard InChI is InChI=1S/C14H19N3O2S/c15-7-4-12-5-8-17(9-6-12)20(18,19)14-3-1-2-13(10-14)11-16/h1-3,10,12H,4-9,15H2. The van der Waals surface area contributed by atoms with Crippen LogP contribution in [0.2, 0.25) is 0 Å². The van der Waals surface area contributed by atoms with Crippen molar-refractivity contribution in [2.24, 2.45) is 11.7 Å². The maximum Gasteiger partial charge on any atom is 0.243 e. The van der Waals surface area contributed by atoms with Crippen LogP contribution in [0, 0.1) is 17.2 Å². The van der Waals surface area contributed by atoms with Gasteiger partial charge in [-0.25, -0.2) is 8.42 Å². The molecule has 0 amide bonds. The van der Waals surface area contributed by atoms with Crippen LogP contribution in [-0.4, -0.2) is 32.4 Å². The van der Waals surface area contributed by atoms with E-state index in [4.69, 9.17) is 11.0 Å². The average molecular weight is 293 g/mol. The number of benzene rings is 1. The van der Waals surface area contributed by atoms with Crippen LogP contribution in [-0.2, 0) is 10.0 Å². The molecule has 2 rings (SSSR count). The Morgan fingerprint density at radius 1 is 1.35 bits per heavy atom.